The van der Waals surface area contributed by atoms with E-state index in [1.54, 1.807) is 0 Å². The van der Waals surface area contributed by atoms with Crippen LogP contribution in [0.25, 0.3) is 0 Å². The summed E-state index contributed by atoms with van der Waals surface area (Å²) in [4.78, 5) is 1.48. The normalized spacial score (nSPS) is 24.4. The summed E-state index contributed by atoms with van der Waals surface area (Å²) in [6, 6.07) is 2.89. The van der Waals surface area contributed by atoms with Crippen LogP contribution in [0, 0.1) is 18.3 Å². The monoisotopic (exact) mass is 237 g/mol. The van der Waals surface area contributed by atoms with Gasteiger partial charge in [-0.2, -0.15) is 0 Å². The molecule has 1 aliphatic rings. The molecule has 90 valence electrons. The molecule has 1 N–H and O–H groups in total. The van der Waals surface area contributed by atoms with E-state index < -0.39 is 0 Å². The van der Waals surface area contributed by atoms with Crippen LogP contribution in [0.5, 0.6) is 0 Å². The summed E-state index contributed by atoms with van der Waals surface area (Å²) in [5, 5.41) is 5.96. The first-order valence-corrected chi connectivity index (χ1v) is 7.21. The molecule has 0 bridgehead atoms. The van der Waals surface area contributed by atoms with Gasteiger partial charge in [-0.1, -0.05) is 20.8 Å². The molecule has 1 nitrogen and oxygen atoms in total. The zero-order valence-electron chi connectivity index (χ0n) is 10.8. The van der Waals surface area contributed by atoms with E-state index in [-0.39, 0.29) is 0 Å². The van der Waals surface area contributed by atoms with E-state index in [9.17, 15) is 0 Å². The Morgan fingerprint density at radius 3 is 2.69 bits per heavy atom. The fourth-order valence-electron chi connectivity index (χ4n) is 2.56. The van der Waals surface area contributed by atoms with E-state index in [1.807, 2.05) is 11.3 Å². The standard InChI is InChI=1S/C14H23NS/c1-5-7-15-13(12-9-14(12,3)4)11-6-8-16-10(11)2/h6,8,12-13,15H,5,7,9H2,1-4H3. The summed E-state index contributed by atoms with van der Waals surface area (Å²) in [7, 11) is 0. The molecular weight excluding hydrogens is 214 g/mol. The lowest BCUT2D eigenvalue weighted by Gasteiger charge is -2.20. The highest BCUT2D eigenvalue weighted by Crippen LogP contribution is 2.58. The van der Waals surface area contributed by atoms with E-state index in [0.29, 0.717) is 11.5 Å². The molecule has 1 fully saturated rings. The number of rotatable bonds is 5. The summed E-state index contributed by atoms with van der Waals surface area (Å²) >= 11 is 1.87. The van der Waals surface area contributed by atoms with Crippen molar-refractivity contribution in [2.75, 3.05) is 6.54 Å². The fourth-order valence-corrected chi connectivity index (χ4v) is 3.31. The van der Waals surface area contributed by atoms with Gasteiger partial charge >= 0.3 is 0 Å². The maximum absolute atomic E-state index is 3.74. The molecule has 16 heavy (non-hydrogen) atoms. The van der Waals surface area contributed by atoms with Crippen molar-refractivity contribution in [3.63, 3.8) is 0 Å². The van der Waals surface area contributed by atoms with E-state index in [4.69, 9.17) is 0 Å². The predicted molar refractivity (Wildman–Crippen MR) is 72.0 cm³/mol. The Morgan fingerprint density at radius 2 is 2.25 bits per heavy atom. The number of thiophene rings is 1. The molecule has 0 spiro atoms. The first-order chi connectivity index (χ1) is 7.56. The van der Waals surface area contributed by atoms with E-state index >= 15 is 0 Å². The second-order valence-electron chi connectivity index (χ2n) is 5.66. The van der Waals surface area contributed by atoms with Gasteiger partial charge in [0.15, 0.2) is 0 Å². The highest BCUT2D eigenvalue weighted by Gasteiger charge is 2.50. The number of hydrogen-bond acceptors (Lipinski definition) is 2. The number of nitrogens with one attached hydrogen (secondary N) is 1. The van der Waals surface area contributed by atoms with Gasteiger partial charge in [-0.05, 0) is 54.7 Å². The zero-order valence-corrected chi connectivity index (χ0v) is 11.7. The Morgan fingerprint density at radius 1 is 1.56 bits per heavy atom. The second kappa shape index (κ2) is 4.50. The Balaban J connectivity index is 2.13. The third-order valence-electron chi connectivity index (χ3n) is 3.84. The summed E-state index contributed by atoms with van der Waals surface area (Å²) in [6.07, 6.45) is 2.58. The van der Waals surface area contributed by atoms with Crippen LogP contribution in [-0.2, 0) is 0 Å². The van der Waals surface area contributed by atoms with Gasteiger partial charge in [0, 0.05) is 10.9 Å². The molecule has 2 rings (SSSR count). The molecule has 2 unspecified atom stereocenters. The van der Waals surface area contributed by atoms with Crippen molar-refractivity contribution in [3.05, 3.63) is 21.9 Å². The fraction of sp³-hybridized carbons (Fsp3) is 0.714. The van der Waals surface area contributed by atoms with Crippen molar-refractivity contribution in [2.24, 2.45) is 11.3 Å². The molecule has 1 saturated carbocycles. The Labute approximate surface area is 103 Å². The molecule has 1 heterocycles. The summed E-state index contributed by atoms with van der Waals surface area (Å²) < 4.78 is 0. The van der Waals surface area contributed by atoms with Crippen LogP contribution in [0.4, 0.5) is 0 Å². The number of hydrogen-bond donors (Lipinski definition) is 1. The Hall–Kier alpha value is -0.340. The zero-order chi connectivity index (χ0) is 11.8. The first-order valence-electron chi connectivity index (χ1n) is 6.33. The lowest BCUT2D eigenvalue weighted by atomic mass is 9.97. The van der Waals surface area contributed by atoms with Crippen molar-refractivity contribution in [2.45, 2.75) is 46.6 Å². The van der Waals surface area contributed by atoms with Gasteiger partial charge in [-0.25, -0.2) is 0 Å². The van der Waals surface area contributed by atoms with Gasteiger partial charge in [0.05, 0.1) is 0 Å². The quantitative estimate of drug-likeness (QED) is 0.811. The van der Waals surface area contributed by atoms with Crippen molar-refractivity contribution < 1.29 is 0 Å². The van der Waals surface area contributed by atoms with E-state index in [1.165, 1.54) is 23.3 Å². The maximum Gasteiger partial charge on any atom is 0.0364 e. The summed E-state index contributed by atoms with van der Waals surface area (Å²) in [6.45, 7) is 10.4. The van der Waals surface area contributed by atoms with Crippen LogP contribution in [0.15, 0.2) is 11.4 Å². The largest absolute Gasteiger partial charge is 0.310 e. The minimum absolute atomic E-state index is 0.541. The minimum atomic E-state index is 0.541. The third kappa shape index (κ3) is 2.33. The SMILES string of the molecule is CCCNC(c1ccsc1C)C1CC1(C)C. The molecule has 2 heteroatoms. The first kappa shape index (κ1) is 12.1. The second-order valence-corrected chi connectivity index (χ2v) is 6.78. The van der Waals surface area contributed by atoms with Gasteiger partial charge < -0.3 is 5.32 Å². The minimum Gasteiger partial charge on any atom is -0.310 e. The van der Waals surface area contributed by atoms with E-state index in [0.717, 1.165) is 12.5 Å². The molecular formula is C14H23NS. The summed E-state index contributed by atoms with van der Waals surface area (Å²) in [5.74, 6) is 0.826. The van der Waals surface area contributed by atoms with Crippen LogP contribution >= 0.6 is 11.3 Å². The van der Waals surface area contributed by atoms with Gasteiger partial charge in [0.2, 0.25) is 0 Å². The highest BCUT2D eigenvalue weighted by molar-refractivity contribution is 7.10. The Bertz CT molecular complexity index is 353. The van der Waals surface area contributed by atoms with Crippen molar-refractivity contribution in [1.82, 2.24) is 5.32 Å². The lowest BCUT2D eigenvalue weighted by Crippen LogP contribution is -2.25. The predicted octanol–water partition coefficient (Wildman–Crippen LogP) is 4.14. The Kier molecular flexibility index (Phi) is 3.41. The molecule has 0 aliphatic heterocycles. The van der Waals surface area contributed by atoms with E-state index in [2.05, 4.69) is 44.5 Å². The molecule has 1 aromatic heterocycles. The van der Waals surface area contributed by atoms with Gasteiger partial charge in [0.1, 0.15) is 0 Å². The number of aryl methyl sites for hydroxylation is 1. The molecule has 1 aromatic rings. The average molecular weight is 237 g/mol. The van der Waals surface area contributed by atoms with Crippen LogP contribution < -0.4 is 5.32 Å². The summed E-state index contributed by atoms with van der Waals surface area (Å²) in [5.41, 5.74) is 2.08. The molecule has 1 aliphatic carbocycles. The van der Waals surface area contributed by atoms with Crippen molar-refractivity contribution in [1.29, 1.82) is 0 Å². The van der Waals surface area contributed by atoms with Crippen molar-refractivity contribution in [3.8, 4) is 0 Å². The molecule has 0 aromatic carbocycles. The smallest absolute Gasteiger partial charge is 0.0364 e. The lowest BCUT2D eigenvalue weighted by molar-refractivity contribution is 0.415. The van der Waals surface area contributed by atoms with Gasteiger partial charge in [-0.3, -0.25) is 0 Å². The topological polar surface area (TPSA) is 12.0 Å². The highest BCUT2D eigenvalue weighted by atomic mass is 32.1. The van der Waals surface area contributed by atoms with Crippen LogP contribution in [0.2, 0.25) is 0 Å². The third-order valence-corrected chi connectivity index (χ3v) is 4.70. The van der Waals surface area contributed by atoms with Crippen molar-refractivity contribution >= 4 is 11.3 Å². The van der Waals surface area contributed by atoms with Gasteiger partial charge in [0.25, 0.3) is 0 Å². The molecule has 0 radical (unpaired) electrons. The average Bonchev–Trinajstić information content (AvgIpc) is 2.65. The van der Waals surface area contributed by atoms with Crippen LogP contribution in [-0.4, -0.2) is 6.54 Å². The van der Waals surface area contributed by atoms with Crippen LogP contribution in [0.3, 0.4) is 0 Å². The van der Waals surface area contributed by atoms with Gasteiger partial charge in [-0.15, -0.1) is 11.3 Å². The molecule has 0 saturated heterocycles. The molecule has 0 amide bonds. The maximum atomic E-state index is 3.74. The molecule has 2 atom stereocenters. The van der Waals surface area contributed by atoms with Crippen LogP contribution in [0.1, 0.15) is 50.1 Å².